The Hall–Kier alpha value is -1.67. The van der Waals surface area contributed by atoms with Gasteiger partial charge in [-0.1, -0.05) is 72.7 Å². The Balaban J connectivity index is 2.00. The van der Waals surface area contributed by atoms with Crippen molar-refractivity contribution < 1.29 is 47.5 Å². The molecule has 1 spiro atoms. The molecule has 1 aromatic carbocycles. The average Bonchev–Trinajstić information content (AvgIpc) is 3.25. The lowest BCUT2D eigenvalue weighted by atomic mass is 9.72. The van der Waals surface area contributed by atoms with E-state index in [1.165, 1.54) is 0 Å². The lowest BCUT2D eigenvalue weighted by Gasteiger charge is -2.51. The van der Waals surface area contributed by atoms with Crippen molar-refractivity contribution in [3.05, 3.63) is 48.6 Å². The van der Waals surface area contributed by atoms with Crippen LogP contribution in [0.2, 0.25) is 18.1 Å². The molecule has 0 radical (unpaired) electrons. The molecule has 3 rings (SSSR count). The predicted octanol–water partition coefficient (Wildman–Crippen LogP) is 6.76. The van der Waals surface area contributed by atoms with Gasteiger partial charge in [-0.2, -0.15) is 0 Å². The van der Waals surface area contributed by atoms with Crippen molar-refractivity contribution in [2.75, 3.05) is 40.8 Å². The molecule has 0 aromatic heterocycles. The molecule has 0 bridgehead atoms. The summed E-state index contributed by atoms with van der Waals surface area (Å²) < 4.78 is 50.4. The fourth-order valence-electron chi connectivity index (χ4n) is 6.41. The van der Waals surface area contributed by atoms with Gasteiger partial charge in [0, 0.05) is 45.0 Å². The zero-order chi connectivity index (χ0) is 36.6. The van der Waals surface area contributed by atoms with E-state index in [1.54, 1.807) is 32.4 Å². The fourth-order valence-corrected chi connectivity index (χ4v) is 7.47. The van der Waals surface area contributed by atoms with Crippen LogP contribution in [0.1, 0.15) is 78.1 Å². The van der Waals surface area contributed by atoms with Crippen LogP contribution in [-0.4, -0.2) is 103 Å². The van der Waals surface area contributed by atoms with Gasteiger partial charge in [-0.15, -0.1) is 6.58 Å². The van der Waals surface area contributed by atoms with Gasteiger partial charge in [0.2, 0.25) is 0 Å². The number of carbonyl (C=O) groups excluding carboxylic acids is 1. The quantitative estimate of drug-likeness (QED) is 0.0577. The number of esters is 1. The second-order valence-corrected chi connectivity index (χ2v) is 20.6. The molecule has 2 heterocycles. The number of hydrogen-bond donors (Lipinski definition) is 1. The van der Waals surface area contributed by atoms with Crippen molar-refractivity contribution in [1.29, 1.82) is 0 Å². The number of ether oxygens (including phenoxy) is 7. The van der Waals surface area contributed by atoms with Gasteiger partial charge in [0.25, 0.3) is 0 Å². The number of methoxy groups -OCH3 is 2. The van der Waals surface area contributed by atoms with E-state index in [9.17, 15) is 9.90 Å². The highest BCUT2D eigenvalue weighted by molar-refractivity contribution is 6.74. The second kappa shape index (κ2) is 17.7. The summed E-state index contributed by atoms with van der Waals surface area (Å²) >= 11 is 0. The molecule has 280 valence electrons. The normalized spacial score (nSPS) is 29.0. The van der Waals surface area contributed by atoms with Crippen molar-refractivity contribution >= 4 is 14.3 Å². The summed E-state index contributed by atoms with van der Waals surface area (Å²) in [6.07, 6.45) is -0.448. The summed E-state index contributed by atoms with van der Waals surface area (Å²) in [5, 5.41) is 11.1. The minimum absolute atomic E-state index is 0.00204. The van der Waals surface area contributed by atoms with Gasteiger partial charge in [0.15, 0.2) is 14.1 Å². The smallest absolute Gasteiger partial charge is 0.338 e. The summed E-state index contributed by atoms with van der Waals surface area (Å²) in [4.78, 5) is 13.5. The average molecular weight is 709 g/mol. The number of aliphatic hydroxyl groups is 1. The summed E-state index contributed by atoms with van der Waals surface area (Å²) in [5.41, 5.74) is -0.291. The van der Waals surface area contributed by atoms with Crippen LogP contribution in [0.3, 0.4) is 0 Å². The molecule has 0 unspecified atom stereocenters. The first kappa shape index (κ1) is 41.7. The summed E-state index contributed by atoms with van der Waals surface area (Å²) in [6.45, 7) is 24.4. The molecule has 0 aliphatic carbocycles. The molecule has 0 amide bonds. The van der Waals surface area contributed by atoms with Gasteiger partial charge in [0.05, 0.1) is 43.2 Å². The molecule has 11 heteroatoms. The Bertz CT molecular complexity index is 1170. The maximum atomic E-state index is 13.5. The largest absolute Gasteiger partial charge is 0.458 e. The SMILES string of the molecule is C=C[C@@H](C)[C@@H](O)C[C@H](OC)[C@H]1O[C@]2(C[C@@H](OC(=O)c3ccccc3)[C@H](C)[C@H](CCO[Si](C)(C)C(C)(C)C)O2)C(C)(C)[C@H]1OCOCCOC. The van der Waals surface area contributed by atoms with Crippen molar-refractivity contribution in [2.24, 2.45) is 17.3 Å². The minimum atomic E-state index is -2.02. The Kier molecular flexibility index (Phi) is 15.1. The van der Waals surface area contributed by atoms with Crippen LogP contribution in [-0.2, 0) is 37.6 Å². The Morgan fingerprint density at radius 1 is 1.12 bits per heavy atom. The Morgan fingerprint density at radius 2 is 1.80 bits per heavy atom. The highest BCUT2D eigenvalue weighted by atomic mass is 28.4. The van der Waals surface area contributed by atoms with E-state index in [4.69, 9.17) is 37.6 Å². The van der Waals surface area contributed by atoms with Gasteiger partial charge in [-0.05, 0) is 42.6 Å². The maximum absolute atomic E-state index is 13.5. The molecular formula is C38H64O10Si. The van der Waals surface area contributed by atoms with Crippen molar-refractivity contribution in [3.63, 3.8) is 0 Å². The number of aliphatic hydroxyl groups excluding tert-OH is 1. The first-order chi connectivity index (χ1) is 22.9. The molecule has 2 aliphatic heterocycles. The Morgan fingerprint density at radius 3 is 2.39 bits per heavy atom. The molecule has 9 atom stereocenters. The van der Waals surface area contributed by atoms with Crippen LogP contribution < -0.4 is 0 Å². The number of benzene rings is 1. The second-order valence-electron chi connectivity index (χ2n) is 15.8. The predicted molar refractivity (Wildman–Crippen MR) is 192 cm³/mol. The standard InChI is InChI=1S/C38H64O10Si/c1-13-26(2)29(39)23-31(42-10)33-34(44-25-43-22-21-41-9)37(7,8)38(48-33)24-32(46-35(40)28-17-15-14-16-18-28)27(3)30(47-38)19-20-45-49(11,12)36(4,5)6/h13-18,26-27,29-34,39H,1,19-25H2,2-12H3/t26-,27-,29+,30+,31+,32-,33-,34+,38-/m1/s1. The third-order valence-electron chi connectivity index (χ3n) is 11.1. The van der Waals surface area contributed by atoms with E-state index < -0.39 is 56.0 Å². The molecule has 10 nitrogen and oxygen atoms in total. The maximum Gasteiger partial charge on any atom is 0.338 e. The summed E-state index contributed by atoms with van der Waals surface area (Å²) in [6, 6.07) is 9.02. The van der Waals surface area contributed by atoms with Crippen LogP contribution in [0, 0.1) is 17.3 Å². The molecule has 2 aliphatic rings. The molecule has 2 saturated heterocycles. The van der Waals surface area contributed by atoms with Crippen molar-refractivity contribution in [3.8, 4) is 0 Å². The van der Waals surface area contributed by atoms with Gasteiger partial charge >= 0.3 is 5.97 Å². The minimum Gasteiger partial charge on any atom is -0.458 e. The molecule has 0 saturated carbocycles. The lowest BCUT2D eigenvalue weighted by Crippen LogP contribution is -2.59. The van der Waals surface area contributed by atoms with Crippen LogP contribution in [0.4, 0.5) is 0 Å². The molecule has 1 N–H and O–H groups in total. The fraction of sp³-hybridized carbons (Fsp3) is 0.763. The zero-order valence-electron chi connectivity index (χ0n) is 31.9. The third kappa shape index (κ3) is 10.0. The highest BCUT2D eigenvalue weighted by Crippen LogP contribution is 2.56. The topological polar surface area (TPSA) is 111 Å². The lowest BCUT2D eigenvalue weighted by molar-refractivity contribution is -0.336. The van der Waals surface area contributed by atoms with E-state index in [2.05, 4.69) is 61.2 Å². The van der Waals surface area contributed by atoms with E-state index in [0.717, 1.165) is 0 Å². The summed E-state index contributed by atoms with van der Waals surface area (Å²) in [7, 11) is 1.20. The van der Waals surface area contributed by atoms with Crippen molar-refractivity contribution in [2.45, 2.75) is 128 Å². The van der Waals surface area contributed by atoms with Gasteiger partial charge < -0.3 is 42.7 Å². The molecule has 1 aromatic rings. The van der Waals surface area contributed by atoms with Gasteiger partial charge in [-0.3, -0.25) is 0 Å². The van der Waals surface area contributed by atoms with Crippen LogP contribution >= 0.6 is 0 Å². The van der Waals surface area contributed by atoms with E-state index >= 15 is 0 Å². The Labute approximate surface area is 296 Å². The first-order valence-electron chi connectivity index (χ1n) is 17.7. The van der Waals surface area contributed by atoms with E-state index in [1.807, 2.05) is 25.1 Å². The van der Waals surface area contributed by atoms with Crippen molar-refractivity contribution in [1.82, 2.24) is 0 Å². The number of carbonyl (C=O) groups is 1. The van der Waals surface area contributed by atoms with Crippen LogP contribution in [0.15, 0.2) is 43.0 Å². The molecule has 2 fully saturated rings. The van der Waals surface area contributed by atoms with Gasteiger partial charge in [-0.25, -0.2) is 4.79 Å². The molecule has 49 heavy (non-hydrogen) atoms. The third-order valence-corrected chi connectivity index (χ3v) is 15.7. The van der Waals surface area contributed by atoms with Gasteiger partial charge in [0.1, 0.15) is 19.0 Å². The van der Waals surface area contributed by atoms with E-state index in [0.29, 0.717) is 31.8 Å². The first-order valence-corrected chi connectivity index (χ1v) is 20.6. The van der Waals surface area contributed by atoms with Crippen LogP contribution in [0.5, 0.6) is 0 Å². The summed E-state index contributed by atoms with van der Waals surface area (Å²) in [5.74, 6) is -1.92. The number of hydrogen-bond acceptors (Lipinski definition) is 10. The monoisotopic (exact) mass is 708 g/mol. The highest BCUT2D eigenvalue weighted by Gasteiger charge is 2.67. The molecular weight excluding hydrogens is 644 g/mol. The zero-order valence-corrected chi connectivity index (χ0v) is 32.9. The van der Waals surface area contributed by atoms with E-state index in [-0.39, 0.29) is 42.6 Å². The number of rotatable bonds is 18. The van der Waals surface area contributed by atoms with Crippen LogP contribution in [0.25, 0.3) is 0 Å².